The fraction of sp³-hybridized carbons (Fsp3) is 0.364. The highest BCUT2D eigenvalue weighted by molar-refractivity contribution is 6.37. The van der Waals surface area contributed by atoms with E-state index in [4.69, 9.17) is 46.4 Å². The molecule has 0 saturated heterocycles. The first-order chi connectivity index (χ1) is 14.3. The molecule has 0 radical (unpaired) electrons. The Balaban J connectivity index is 1.51. The van der Waals surface area contributed by atoms with E-state index in [1.807, 2.05) is 0 Å². The minimum Gasteiger partial charge on any atom is -0.325 e. The third-order valence-corrected chi connectivity index (χ3v) is 5.56. The third kappa shape index (κ3) is 9.13. The van der Waals surface area contributed by atoms with Gasteiger partial charge in [0.25, 0.3) is 0 Å². The van der Waals surface area contributed by atoms with Crippen molar-refractivity contribution in [3.8, 4) is 0 Å². The molecule has 0 aromatic heterocycles. The Morgan fingerprint density at radius 1 is 0.600 bits per heavy atom. The van der Waals surface area contributed by atoms with E-state index in [1.165, 1.54) is 0 Å². The van der Waals surface area contributed by atoms with Gasteiger partial charge in [-0.15, -0.1) is 0 Å². The largest absolute Gasteiger partial charge is 0.325 e. The van der Waals surface area contributed by atoms with Gasteiger partial charge in [0.15, 0.2) is 0 Å². The molecule has 2 aromatic rings. The van der Waals surface area contributed by atoms with E-state index in [9.17, 15) is 9.59 Å². The lowest BCUT2D eigenvalue weighted by Crippen LogP contribution is -2.11. The number of hydrogen-bond donors (Lipinski definition) is 2. The smallest absolute Gasteiger partial charge is 0.224 e. The van der Waals surface area contributed by atoms with E-state index in [0.29, 0.717) is 44.3 Å². The zero-order valence-corrected chi connectivity index (χ0v) is 19.5. The van der Waals surface area contributed by atoms with Crippen LogP contribution in [0.3, 0.4) is 0 Å². The summed E-state index contributed by atoms with van der Waals surface area (Å²) in [7, 11) is 0. The second-order valence-corrected chi connectivity index (χ2v) is 8.65. The molecule has 0 fully saturated rings. The van der Waals surface area contributed by atoms with Crippen LogP contribution in [-0.2, 0) is 9.59 Å². The van der Waals surface area contributed by atoms with Gasteiger partial charge in [-0.2, -0.15) is 0 Å². The van der Waals surface area contributed by atoms with Crippen molar-refractivity contribution in [3.63, 3.8) is 0 Å². The van der Waals surface area contributed by atoms with Gasteiger partial charge in [0, 0.05) is 22.9 Å². The second kappa shape index (κ2) is 13.1. The van der Waals surface area contributed by atoms with Crippen LogP contribution in [0.15, 0.2) is 36.4 Å². The molecule has 2 N–H and O–H groups in total. The summed E-state index contributed by atoms with van der Waals surface area (Å²) in [6.45, 7) is 0. The van der Waals surface area contributed by atoms with Crippen LogP contribution < -0.4 is 10.6 Å². The summed E-state index contributed by atoms with van der Waals surface area (Å²) in [6.07, 6.45) is 6.51. The molecule has 0 saturated carbocycles. The lowest BCUT2D eigenvalue weighted by molar-refractivity contribution is -0.117. The molecule has 2 amide bonds. The summed E-state index contributed by atoms with van der Waals surface area (Å²) in [4.78, 5) is 24.0. The monoisotopic (exact) mass is 488 g/mol. The Kier molecular flexibility index (Phi) is 10.8. The van der Waals surface area contributed by atoms with E-state index in [1.54, 1.807) is 36.4 Å². The van der Waals surface area contributed by atoms with Gasteiger partial charge in [-0.1, -0.05) is 72.1 Å². The summed E-state index contributed by atoms with van der Waals surface area (Å²) in [6, 6.07) is 9.96. The van der Waals surface area contributed by atoms with Gasteiger partial charge >= 0.3 is 0 Å². The Morgan fingerprint density at radius 2 is 0.967 bits per heavy atom. The maximum Gasteiger partial charge on any atom is 0.224 e. The van der Waals surface area contributed by atoms with Gasteiger partial charge in [0.1, 0.15) is 0 Å². The maximum atomic E-state index is 12.0. The lowest BCUT2D eigenvalue weighted by Gasteiger charge is -2.08. The minimum atomic E-state index is -0.0586. The lowest BCUT2D eigenvalue weighted by atomic mass is 10.1. The fourth-order valence-electron chi connectivity index (χ4n) is 2.89. The molecule has 0 bridgehead atoms. The van der Waals surface area contributed by atoms with Crippen LogP contribution in [0.5, 0.6) is 0 Å². The first-order valence-corrected chi connectivity index (χ1v) is 11.4. The van der Waals surface area contributed by atoms with E-state index in [0.717, 1.165) is 38.5 Å². The summed E-state index contributed by atoms with van der Waals surface area (Å²) in [5.41, 5.74) is 1.15. The summed E-state index contributed by atoms with van der Waals surface area (Å²) in [5, 5.41) is 7.52. The highest BCUT2D eigenvalue weighted by atomic mass is 35.5. The molecule has 0 aliphatic heterocycles. The van der Waals surface area contributed by atoms with Gasteiger partial charge in [-0.3, -0.25) is 9.59 Å². The van der Waals surface area contributed by atoms with Gasteiger partial charge in [0.05, 0.1) is 21.4 Å². The highest BCUT2D eigenvalue weighted by Crippen LogP contribution is 2.26. The average molecular weight is 490 g/mol. The van der Waals surface area contributed by atoms with E-state index >= 15 is 0 Å². The zero-order chi connectivity index (χ0) is 21.9. The third-order valence-electron chi connectivity index (χ3n) is 4.47. The van der Waals surface area contributed by atoms with Crippen LogP contribution in [-0.4, -0.2) is 11.8 Å². The standard InChI is InChI=1S/C22H24Cl4N2O2/c23-15-9-11-19(17(25)13-15)27-21(29)7-5-3-1-2-4-6-8-22(30)28-20-12-10-16(24)14-18(20)26/h9-14H,1-8H2,(H,27,29)(H,28,30). The molecule has 2 rings (SSSR count). The first-order valence-electron chi connectivity index (χ1n) is 9.85. The predicted molar refractivity (Wildman–Crippen MR) is 127 cm³/mol. The van der Waals surface area contributed by atoms with Crippen molar-refractivity contribution in [2.24, 2.45) is 0 Å². The molecule has 4 nitrogen and oxygen atoms in total. The van der Waals surface area contributed by atoms with Gasteiger partial charge in [0.2, 0.25) is 11.8 Å². The molecule has 30 heavy (non-hydrogen) atoms. The highest BCUT2D eigenvalue weighted by Gasteiger charge is 2.08. The van der Waals surface area contributed by atoms with Crippen LogP contribution >= 0.6 is 46.4 Å². The summed E-state index contributed by atoms with van der Waals surface area (Å²) < 4.78 is 0. The van der Waals surface area contributed by atoms with E-state index in [-0.39, 0.29) is 11.8 Å². The van der Waals surface area contributed by atoms with Crippen LogP contribution in [0.25, 0.3) is 0 Å². The number of nitrogens with one attached hydrogen (secondary N) is 2. The van der Waals surface area contributed by atoms with Crippen molar-refractivity contribution in [2.45, 2.75) is 51.4 Å². The molecule has 0 aliphatic rings. The normalized spacial score (nSPS) is 10.7. The average Bonchev–Trinajstić information content (AvgIpc) is 2.68. The van der Waals surface area contributed by atoms with E-state index < -0.39 is 0 Å². The number of halogens is 4. The number of benzene rings is 2. The second-order valence-electron chi connectivity index (χ2n) is 6.97. The van der Waals surface area contributed by atoms with Crippen molar-refractivity contribution in [2.75, 3.05) is 10.6 Å². The minimum absolute atomic E-state index is 0.0586. The number of carbonyl (C=O) groups excluding carboxylic acids is 2. The number of unbranched alkanes of at least 4 members (excludes halogenated alkanes) is 5. The predicted octanol–water partition coefficient (Wildman–Crippen LogP) is 8.00. The van der Waals surface area contributed by atoms with Crippen molar-refractivity contribution < 1.29 is 9.59 Å². The van der Waals surface area contributed by atoms with Crippen LogP contribution in [0.4, 0.5) is 11.4 Å². The Bertz CT molecular complexity index is 803. The first kappa shape index (κ1) is 24.8. The van der Waals surface area contributed by atoms with E-state index in [2.05, 4.69) is 10.6 Å². The molecule has 0 aliphatic carbocycles. The summed E-state index contributed by atoms with van der Waals surface area (Å²) >= 11 is 23.8. The summed E-state index contributed by atoms with van der Waals surface area (Å²) in [5.74, 6) is -0.117. The van der Waals surface area contributed by atoms with Gasteiger partial charge in [-0.25, -0.2) is 0 Å². The van der Waals surface area contributed by atoms with Gasteiger partial charge in [-0.05, 0) is 49.2 Å². The SMILES string of the molecule is O=C(CCCCCCCCC(=O)Nc1ccc(Cl)cc1Cl)Nc1ccc(Cl)cc1Cl. The zero-order valence-electron chi connectivity index (χ0n) is 16.4. The molecular formula is C22H24Cl4N2O2. The van der Waals surface area contributed by atoms with Gasteiger partial charge < -0.3 is 10.6 Å². The van der Waals surface area contributed by atoms with Crippen LogP contribution in [0.2, 0.25) is 20.1 Å². The van der Waals surface area contributed by atoms with Crippen LogP contribution in [0, 0.1) is 0 Å². The Morgan fingerprint density at radius 3 is 1.33 bits per heavy atom. The van der Waals surface area contributed by atoms with Crippen molar-refractivity contribution in [1.29, 1.82) is 0 Å². The molecule has 0 heterocycles. The van der Waals surface area contributed by atoms with Crippen LogP contribution in [0.1, 0.15) is 51.4 Å². The molecule has 2 aromatic carbocycles. The Labute approximate surface area is 197 Å². The Hall–Kier alpha value is -1.46. The van der Waals surface area contributed by atoms with Crippen molar-refractivity contribution in [3.05, 3.63) is 56.5 Å². The number of rotatable bonds is 11. The number of carbonyl (C=O) groups is 2. The molecular weight excluding hydrogens is 466 g/mol. The number of anilines is 2. The molecule has 8 heteroatoms. The topological polar surface area (TPSA) is 58.2 Å². The molecule has 162 valence electrons. The molecule has 0 unspecified atom stereocenters. The maximum absolute atomic E-state index is 12.0. The van der Waals surface area contributed by atoms with Crippen molar-refractivity contribution in [1.82, 2.24) is 0 Å². The van der Waals surface area contributed by atoms with Crippen molar-refractivity contribution >= 4 is 69.6 Å². The quantitative estimate of drug-likeness (QED) is 0.314. The fourth-order valence-corrected chi connectivity index (χ4v) is 3.80. The molecule has 0 spiro atoms. The molecule has 0 atom stereocenters. The number of hydrogen-bond acceptors (Lipinski definition) is 2. The number of amides is 2.